The lowest BCUT2D eigenvalue weighted by Gasteiger charge is -2.09. The highest BCUT2D eigenvalue weighted by molar-refractivity contribution is 5.92. The summed E-state index contributed by atoms with van der Waals surface area (Å²) in [4.78, 5) is 24.4. The van der Waals surface area contributed by atoms with Crippen LogP contribution in [0.1, 0.15) is 17.5 Å². The molecule has 0 radical (unpaired) electrons. The number of hydrogen-bond donors (Lipinski definition) is 2. The van der Waals surface area contributed by atoms with Gasteiger partial charge in [0.05, 0.1) is 25.5 Å². The monoisotopic (exact) mass is 382 g/mol. The topological polar surface area (TPSA) is 76.7 Å². The van der Waals surface area contributed by atoms with E-state index in [0.717, 1.165) is 22.6 Å². The Kier molecular flexibility index (Phi) is 6.53. The van der Waals surface area contributed by atoms with Crippen molar-refractivity contribution >= 4 is 11.8 Å². The van der Waals surface area contributed by atoms with Crippen LogP contribution in [0, 0.1) is 18.8 Å². The molecular weight excluding hydrogens is 356 g/mol. The number of carbonyl (C=O) groups is 2. The summed E-state index contributed by atoms with van der Waals surface area (Å²) in [5, 5.41) is 5.75. The van der Waals surface area contributed by atoms with Crippen LogP contribution >= 0.6 is 0 Å². The first-order valence-electron chi connectivity index (χ1n) is 9.44. The Hall–Kier alpha value is -3.02. The summed E-state index contributed by atoms with van der Waals surface area (Å²) in [5.41, 5.74) is 2.22. The van der Waals surface area contributed by atoms with E-state index in [-0.39, 0.29) is 23.7 Å². The number of carbonyl (C=O) groups excluding carboxylic acids is 2. The molecule has 0 aromatic heterocycles. The van der Waals surface area contributed by atoms with Crippen LogP contribution in [0.15, 0.2) is 48.5 Å². The van der Waals surface area contributed by atoms with Crippen molar-refractivity contribution < 1.29 is 19.1 Å². The summed E-state index contributed by atoms with van der Waals surface area (Å²) in [7, 11) is 1.61. The van der Waals surface area contributed by atoms with Crippen LogP contribution in [0.5, 0.6) is 11.5 Å². The van der Waals surface area contributed by atoms with Crippen molar-refractivity contribution in [1.29, 1.82) is 0 Å². The summed E-state index contributed by atoms with van der Waals surface area (Å²) in [6.45, 7) is 3.28. The fraction of sp³-hybridized carbons (Fsp3) is 0.364. The molecule has 0 aliphatic heterocycles. The van der Waals surface area contributed by atoms with Crippen LogP contribution in [0.4, 0.5) is 0 Å². The van der Waals surface area contributed by atoms with E-state index in [0.29, 0.717) is 26.1 Å². The SMILES string of the molecule is COc1ccc(OCCNC(=O)C2CC2C(=O)NCc2cccc(C)c2)cc1. The van der Waals surface area contributed by atoms with E-state index < -0.39 is 0 Å². The van der Waals surface area contributed by atoms with Gasteiger partial charge in [-0.1, -0.05) is 29.8 Å². The molecule has 1 aliphatic rings. The molecule has 1 fully saturated rings. The smallest absolute Gasteiger partial charge is 0.224 e. The number of methoxy groups -OCH3 is 1. The van der Waals surface area contributed by atoms with Gasteiger partial charge in [-0.2, -0.15) is 0 Å². The van der Waals surface area contributed by atoms with Crippen molar-refractivity contribution in [3.8, 4) is 11.5 Å². The Labute approximate surface area is 165 Å². The van der Waals surface area contributed by atoms with Crippen molar-refractivity contribution in [2.75, 3.05) is 20.3 Å². The number of aryl methyl sites for hydroxylation is 1. The lowest BCUT2D eigenvalue weighted by molar-refractivity contribution is -0.127. The minimum absolute atomic E-state index is 0.0591. The second kappa shape index (κ2) is 9.26. The number of rotatable bonds is 9. The highest BCUT2D eigenvalue weighted by Crippen LogP contribution is 2.38. The first kappa shape index (κ1) is 19.7. The Morgan fingerprint density at radius 1 is 1.00 bits per heavy atom. The maximum absolute atomic E-state index is 12.2. The van der Waals surface area contributed by atoms with Gasteiger partial charge in [0, 0.05) is 6.54 Å². The summed E-state index contributed by atoms with van der Waals surface area (Å²) in [6.07, 6.45) is 0.602. The van der Waals surface area contributed by atoms with Crippen LogP contribution in [0.25, 0.3) is 0 Å². The normalized spacial score (nSPS) is 17.5. The van der Waals surface area contributed by atoms with Crippen LogP contribution in [0.3, 0.4) is 0 Å². The molecule has 0 spiro atoms. The molecule has 2 unspecified atom stereocenters. The van der Waals surface area contributed by atoms with Gasteiger partial charge in [-0.3, -0.25) is 9.59 Å². The summed E-state index contributed by atoms with van der Waals surface area (Å²) < 4.78 is 10.7. The predicted molar refractivity (Wildman–Crippen MR) is 106 cm³/mol. The van der Waals surface area contributed by atoms with Crippen LogP contribution in [-0.4, -0.2) is 32.1 Å². The first-order chi connectivity index (χ1) is 13.6. The number of benzene rings is 2. The van der Waals surface area contributed by atoms with E-state index in [9.17, 15) is 9.59 Å². The number of amides is 2. The number of ether oxygens (including phenoxy) is 2. The molecule has 6 nitrogen and oxygen atoms in total. The van der Waals surface area contributed by atoms with Crippen molar-refractivity contribution in [2.24, 2.45) is 11.8 Å². The molecule has 1 saturated carbocycles. The highest BCUT2D eigenvalue weighted by Gasteiger charge is 2.47. The molecule has 1 aliphatic carbocycles. The quantitative estimate of drug-likeness (QED) is 0.653. The molecule has 0 heterocycles. The molecule has 2 aromatic carbocycles. The third-order valence-corrected chi connectivity index (χ3v) is 4.74. The van der Waals surface area contributed by atoms with Crippen molar-refractivity contribution in [1.82, 2.24) is 10.6 Å². The van der Waals surface area contributed by atoms with Crippen molar-refractivity contribution in [2.45, 2.75) is 19.9 Å². The number of nitrogens with one attached hydrogen (secondary N) is 2. The molecule has 2 atom stereocenters. The number of hydrogen-bond acceptors (Lipinski definition) is 4. The van der Waals surface area contributed by atoms with Gasteiger partial charge in [-0.05, 0) is 43.2 Å². The molecule has 148 valence electrons. The largest absolute Gasteiger partial charge is 0.497 e. The van der Waals surface area contributed by atoms with Gasteiger partial charge in [0.25, 0.3) is 0 Å². The minimum atomic E-state index is -0.238. The zero-order valence-corrected chi connectivity index (χ0v) is 16.2. The second-order valence-corrected chi connectivity index (χ2v) is 6.97. The molecule has 6 heteroatoms. The Bertz CT molecular complexity index is 820. The third kappa shape index (κ3) is 5.49. The minimum Gasteiger partial charge on any atom is -0.497 e. The lowest BCUT2D eigenvalue weighted by Crippen LogP contribution is -2.32. The summed E-state index contributed by atoms with van der Waals surface area (Å²) >= 11 is 0. The van der Waals surface area contributed by atoms with E-state index in [1.165, 1.54) is 0 Å². The standard InChI is InChI=1S/C22H26N2O4/c1-15-4-3-5-16(12-15)14-24-22(26)20-13-19(20)21(25)23-10-11-28-18-8-6-17(27-2)7-9-18/h3-9,12,19-20H,10-11,13-14H2,1-2H3,(H,23,25)(H,24,26). The molecular formula is C22H26N2O4. The molecule has 2 amide bonds. The Morgan fingerprint density at radius 3 is 2.36 bits per heavy atom. The molecule has 2 N–H and O–H groups in total. The maximum atomic E-state index is 12.2. The van der Waals surface area contributed by atoms with Crippen molar-refractivity contribution in [3.05, 3.63) is 59.7 Å². The Balaban J connectivity index is 1.32. The summed E-state index contributed by atoms with van der Waals surface area (Å²) in [5.74, 6) is 0.868. The molecule has 2 aromatic rings. The van der Waals surface area contributed by atoms with Gasteiger partial charge in [0.1, 0.15) is 18.1 Å². The summed E-state index contributed by atoms with van der Waals surface area (Å²) in [6, 6.07) is 15.3. The van der Waals surface area contributed by atoms with Gasteiger partial charge in [0.15, 0.2) is 0 Å². The average Bonchev–Trinajstić information content (AvgIpc) is 3.51. The van der Waals surface area contributed by atoms with E-state index >= 15 is 0 Å². The lowest BCUT2D eigenvalue weighted by atomic mass is 10.1. The average molecular weight is 382 g/mol. The molecule has 0 bridgehead atoms. The first-order valence-corrected chi connectivity index (χ1v) is 9.44. The van der Waals surface area contributed by atoms with Crippen molar-refractivity contribution in [3.63, 3.8) is 0 Å². The van der Waals surface area contributed by atoms with Gasteiger partial charge in [-0.15, -0.1) is 0 Å². The maximum Gasteiger partial charge on any atom is 0.224 e. The fourth-order valence-electron chi connectivity index (χ4n) is 3.06. The third-order valence-electron chi connectivity index (χ3n) is 4.74. The van der Waals surface area contributed by atoms with E-state index in [4.69, 9.17) is 9.47 Å². The zero-order valence-electron chi connectivity index (χ0n) is 16.2. The van der Waals surface area contributed by atoms with E-state index in [1.807, 2.05) is 55.5 Å². The molecule has 0 saturated heterocycles. The van der Waals surface area contributed by atoms with Gasteiger partial charge < -0.3 is 20.1 Å². The van der Waals surface area contributed by atoms with Gasteiger partial charge in [-0.25, -0.2) is 0 Å². The van der Waals surface area contributed by atoms with Gasteiger partial charge >= 0.3 is 0 Å². The fourth-order valence-corrected chi connectivity index (χ4v) is 3.06. The van der Waals surface area contributed by atoms with E-state index in [2.05, 4.69) is 10.6 Å². The molecule has 28 heavy (non-hydrogen) atoms. The predicted octanol–water partition coefficient (Wildman–Crippen LogP) is 2.45. The van der Waals surface area contributed by atoms with E-state index in [1.54, 1.807) is 7.11 Å². The Morgan fingerprint density at radius 2 is 1.68 bits per heavy atom. The highest BCUT2D eigenvalue weighted by atomic mass is 16.5. The van der Waals surface area contributed by atoms with Gasteiger partial charge in [0.2, 0.25) is 11.8 Å². The second-order valence-electron chi connectivity index (χ2n) is 6.97. The van der Waals surface area contributed by atoms with Crippen LogP contribution < -0.4 is 20.1 Å². The van der Waals surface area contributed by atoms with Crippen LogP contribution in [-0.2, 0) is 16.1 Å². The zero-order chi connectivity index (χ0) is 19.9. The molecule has 3 rings (SSSR count). The van der Waals surface area contributed by atoms with Crippen LogP contribution in [0.2, 0.25) is 0 Å².